The van der Waals surface area contributed by atoms with Crippen molar-refractivity contribution in [3.63, 3.8) is 0 Å². The number of hydrogen-bond acceptors (Lipinski definition) is 4. The number of oxazole rings is 1. The molecule has 94 valence electrons. The Morgan fingerprint density at radius 2 is 2.22 bits per heavy atom. The Bertz CT molecular complexity index is 574. The van der Waals surface area contributed by atoms with Crippen molar-refractivity contribution in [3.05, 3.63) is 47.2 Å². The summed E-state index contributed by atoms with van der Waals surface area (Å²) in [6.07, 6.45) is 1.10. The van der Waals surface area contributed by atoms with E-state index in [1.807, 2.05) is 32.0 Å². The summed E-state index contributed by atoms with van der Waals surface area (Å²) in [5.41, 5.74) is 1.95. The Morgan fingerprint density at radius 1 is 1.44 bits per heavy atom. The van der Waals surface area contributed by atoms with Crippen molar-refractivity contribution in [1.29, 1.82) is 0 Å². The van der Waals surface area contributed by atoms with E-state index in [9.17, 15) is 4.79 Å². The third-order valence-electron chi connectivity index (χ3n) is 2.55. The van der Waals surface area contributed by atoms with Crippen LogP contribution in [-0.4, -0.2) is 16.1 Å². The van der Waals surface area contributed by atoms with Gasteiger partial charge in [0.05, 0.1) is 0 Å². The van der Waals surface area contributed by atoms with E-state index in [4.69, 9.17) is 14.3 Å². The number of carboxylic acids is 1. The fourth-order valence-corrected chi connectivity index (χ4v) is 1.55. The van der Waals surface area contributed by atoms with Crippen LogP contribution >= 0.6 is 0 Å². The minimum atomic E-state index is -1.12. The van der Waals surface area contributed by atoms with Gasteiger partial charge in [0.15, 0.2) is 17.8 Å². The van der Waals surface area contributed by atoms with Crippen molar-refractivity contribution in [2.75, 3.05) is 0 Å². The van der Waals surface area contributed by atoms with Crippen molar-refractivity contribution >= 4 is 5.97 Å². The van der Waals surface area contributed by atoms with Crippen LogP contribution in [0, 0.1) is 13.8 Å². The number of aromatic nitrogens is 1. The number of benzene rings is 1. The largest absolute Gasteiger partial charge is 0.485 e. The van der Waals surface area contributed by atoms with E-state index in [2.05, 4.69) is 4.98 Å². The molecule has 18 heavy (non-hydrogen) atoms. The molecular formula is C13H13NO4. The standard InChI is InChI=1S/C13H13NO4/c1-8-3-4-9(2)10(5-8)17-6-11-12(13(15)16)14-7-18-11/h3-5,7H,6H2,1-2H3,(H,15,16). The van der Waals surface area contributed by atoms with Gasteiger partial charge in [-0.1, -0.05) is 12.1 Å². The van der Waals surface area contributed by atoms with Crippen LogP contribution in [0.4, 0.5) is 0 Å². The quantitative estimate of drug-likeness (QED) is 0.898. The summed E-state index contributed by atoms with van der Waals surface area (Å²) in [6.45, 7) is 3.93. The lowest BCUT2D eigenvalue weighted by Gasteiger charge is -2.08. The predicted molar refractivity (Wildman–Crippen MR) is 63.7 cm³/mol. The zero-order valence-electron chi connectivity index (χ0n) is 10.1. The van der Waals surface area contributed by atoms with Crippen LogP contribution in [0.1, 0.15) is 27.4 Å². The molecule has 2 rings (SSSR count). The number of aromatic carboxylic acids is 1. The van der Waals surface area contributed by atoms with E-state index in [0.717, 1.165) is 17.5 Å². The van der Waals surface area contributed by atoms with Gasteiger partial charge in [0.1, 0.15) is 12.4 Å². The average Bonchev–Trinajstić information content (AvgIpc) is 2.79. The highest BCUT2D eigenvalue weighted by Crippen LogP contribution is 2.21. The Kier molecular flexibility index (Phi) is 3.32. The summed E-state index contributed by atoms with van der Waals surface area (Å²) in [5, 5.41) is 8.87. The number of nitrogens with zero attached hydrogens (tertiary/aromatic N) is 1. The fourth-order valence-electron chi connectivity index (χ4n) is 1.55. The first-order valence-electron chi connectivity index (χ1n) is 5.43. The van der Waals surface area contributed by atoms with Crippen LogP contribution in [0.25, 0.3) is 0 Å². The normalized spacial score (nSPS) is 10.3. The van der Waals surface area contributed by atoms with Gasteiger partial charge < -0.3 is 14.3 Å². The smallest absolute Gasteiger partial charge is 0.358 e. The second kappa shape index (κ2) is 4.91. The first-order chi connectivity index (χ1) is 8.58. The zero-order chi connectivity index (χ0) is 13.1. The molecule has 1 heterocycles. The van der Waals surface area contributed by atoms with Gasteiger partial charge in [-0.2, -0.15) is 0 Å². The first-order valence-corrected chi connectivity index (χ1v) is 5.43. The molecule has 1 aromatic carbocycles. The molecule has 0 saturated heterocycles. The summed E-state index contributed by atoms with van der Waals surface area (Å²) in [6, 6.07) is 5.83. The molecule has 0 aliphatic heterocycles. The SMILES string of the molecule is Cc1ccc(C)c(OCc2ocnc2C(=O)O)c1. The lowest BCUT2D eigenvalue weighted by Crippen LogP contribution is -2.04. The molecule has 0 bridgehead atoms. The summed E-state index contributed by atoms with van der Waals surface area (Å²) in [7, 11) is 0. The van der Waals surface area contributed by atoms with Gasteiger partial charge in [-0.3, -0.25) is 0 Å². The topological polar surface area (TPSA) is 72.6 Å². The molecule has 0 saturated carbocycles. The molecular weight excluding hydrogens is 234 g/mol. The summed E-state index contributed by atoms with van der Waals surface area (Å²) < 4.78 is 10.6. The van der Waals surface area contributed by atoms with Gasteiger partial charge in [-0.15, -0.1) is 0 Å². The number of carboxylic acid groups (broad SMARTS) is 1. The van der Waals surface area contributed by atoms with E-state index in [1.165, 1.54) is 0 Å². The molecule has 2 aromatic rings. The second-order valence-corrected chi connectivity index (χ2v) is 3.99. The molecule has 5 heteroatoms. The second-order valence-electron chi connectivity index (χ2n) is 3.99. The van der Waals surface area contributed by atoms with Gasteiger partial charge in [0.2, 0.25) is 0 Å². The highest BCUT2D eigenvalue weighted by atomic mass is 16.5. The zero-order valence-corrected chi connectivity index (χ0v) is 10.1. The lowest BCUT2D eigenvalue weighted by molar-refractivity contribution is 0.0686. The van der Waals surface area contributed by atoms with Crippen LogP contribution in [0.2, 0.25) is 0 Å². The number of ether oxygens (including phenoxy) is 1. The van der Waals surface area contributed by atoms with Gasteiger partial charge in [-0.05, 0) is 31.0 Å². The fraction of sp³-hybridized carbons (Fsp3) is 0.231. The lowest BCUT2D eigenvalue weighted by atomic mass is 10.1. The number of hydrogen-bond donors (Lipinski definition) is 1. The Labute approximate surface area is 104 Å². The summed E-state index contributed by atoms with van der Waals surface area (Å²) >= 11 is 0. The monoisotopic (exact) mass is 247 g/mol. The predicted octanol–water partition coefficient (Wildman–Crippen LogP) is 2.57. The average molecular weight is 247 g/mol. The van der Waals surface area contributed by atoms with Crippen LogP contribution in [-0.2, 0) is 6.61 Å². The van der Waals surface area contributed by atoms with Gasteiger partial charge in [0.25, 0.3) is 0 Å². The van der Waals surface area contributed by atoms with E-state index in [1.54, 1.807) is 0 Å². The molecule has 0 aliphatic rings. The Hall–Kier alpha value is -2.30. The van der Waals surface area contributed by atoms with Gasteiger partial charge in [0, 0.05) is 0 Å². The van der Waals surface area contributed by atoms with E-state index >= 15 is 0 Å². The van der Waals surface area contributed by atoms with Crippen molar-refractivity contribution < 1.29 is 19.1 Å². The molecule has 5 nitrogen and oxygen atoms in total. The van der Waals surface area contributed by atoms with Gasteiger partial charge in [-0.25, -0.2) is 9.78 Å². The summed E-state index contributed by atoms with van der Waals surface area (Å²) in [4.78, 5) is 14.5. The molecule has 0 fully saturated rings. The van der Waals surface area contributed by atoms with E-state index in [-0.39, 0.29) is 18.1 Å². The number of aryl methyl sites for hydroxylation is 2. The minimum absolute atomic E-state index is 0.0475. The van der Waals surface area contributed by atoms with Crippen molar-refractivity contribution in [1.82, 2.24) is 4.98 Å². The molecule has 1 N–H and O–H groups in total. The minimum Gasteiger partial charge on any atom is -0.485 e. The number of carbonyl (C=O) groups is 1. The van der Waals surface area contributed by atoms with E-state index in [0.29, 0.717) is 5.75 Å². The molecule has 0 unspecified atom stereocenters. The van der Waals surface area contributed by atoms with Crippen LogP contribution in [0.15, 0.2) is 29.0 Å². The van der Waals surface area contributed by atoms with Gasteiger partial charge >= 0.3 is 5.97 Å². The molecule has 0 atom stereocenters. The van der Waals surface area contributed by atoms with Crippen molar-refractivity contribution in [3.8, 4) is 5.75 Å². The molecule has 0 spiro atoms. The highest BCUT2D eigenvalue weighted by molar-refractivity contribution is 5.86. The van der Waals surface area contributed by atoms with Crippen molar-refractivity contribution in [2.45, 2.75) is 20.5 Å². The molecule has 0 amide bonds. The molecule has 0 radical (unpaired) electrons. The summed E-state index contributed by atoms with van der Waals surface area (Å²) in [5.74, 6) is -0.200. The maximum Gasteiger partial charge on any atom is 0.358 e. The highest BCUT2D eigenvalue weighted by Gasteiger charge is 2.16. The Balaban J connectivity index is 2.14. The number of rotatable bonds is 4. The maximum atomic E-state index is 10.8. The first kappa shape index (κ1) is 12.2. The van der Waals surface area contributed by atoms with Crippen LogP contribution in [0.5, 0.6) is 5.75 Å². The van der Waals surface area contributed by atoms with E-state index < -0.39 is 5.97 Å². The third kappa shape index (κ3) is 2.51. The molecule has 0 aliphatic carbocycles. The third-order valence-corrected chi connectivity index (χ3v) is 2.55. The van der Waals surface area contributed by atoms with Crippen LogP contribution < -0.4 is 4.74 Å². The van der Waals surface area contributed by atoms with Crippen molar-refractivity contribution in [2.24, 2.45) is 0 Å². The molecule has 1 aromatic heterocycles. The van der Waals surface area contributed by atoms with Crippen LogP contribution in [0.3, 0.4) is 0 Å². The Morgan fingerprint density at radius 3 is 2.94 bits per heavy atom. The maximum absolute atomic E-state index is 10.8.